The van der Waals surface area contributed by atoms with Crippen molar-refractivity contribution < 1.29 is 0 Å². The topological polar surface area (TPSA) is 29.9 Å². The number of fused-ring (bicyclic) bond motifs is 1. The number of benzene rings is 2. The van der Waals surface area contributed by atoms with Gasteiger partial charge in [-0.15, -0.1) is 0 Å². The third-order valence-electron chi connectivity index (χ3n) is 4.01. The third kappa shape index (κ3) is 2.31. The van der Waals surface area contributed by atoms with Gasteiger partial charge in [-0.25, -0.2) is 4.98 Å². The summed E-state index contributed by atoms with van der Waals surface area (Å²) in [6.45, 7) is 1.00. The van der Waals surface area contributed by atoms with E-state index in [9.17, 15) is 0 Å². The summed E-state index contributed by atoms with van der Waals surface area (Å²) in [7, 11) is 0. The van der Waals surface area contributed by atoms with Crippen LogP contribution in [0.15, 0.2) is 66.9 Å². The average molecular weight is 275 g/mol. The van der Waals surface area contributed by atoms with Crippen LogP contribution in [0.5, 0.6) is 0 Å². The summed E-state index contributed by atoms with van der Waals surface area (Å²) in [5.74, 6) is 0.967. The van der Waals surface area contributed by atoms with Gasteiger partial charge in [0, 0.05) is 18.3 Å². The number of imidazole rings is 1. The molecule has 0 spiro atoms. The molecule has 0 saturated heterocycles. The molecular weight excluding hydrogens is 258 g/mol. The molecule has 1 unspecified atom stereocenters. The van der Waals surface area contributed by atoms with Gasteiger partial charge in [-0.2, -0.15) is 0 Å². The van der Waals surface area contributed by atoms with Gasteiger partial charge in [-0.05, 0) is 12.0 Å². The molecule has 1 N–H and O–H groups in total. The molecule has 104 valence electrons. The summed E-state index contributed by atoms with van der Waals surface area (Å²) >= 11 is 0. The zero-order valence-corrected chi connectivity index (χ0v) is 11.7. The van der Waals surface area contributed by atoms with Crippen LogP contribution in [0.25, 0.3) is 11.3 Å². The van der Waals surface area contributed by atoms with E-state index in [0.717, 1.165) is 30.2 Å². The van der Waals surface area contributed by atoms with Crippen LogP contribution in [0.2, 0.25) is 0 Å². The summed E-state index contributed by atoms with van der Waals surface area (Å²) in [4.78, 5) is 4.75. The van der Waals surface area contributed by atoms with Gasteiger partial charge in [0.25, 0.3) is 0 Å². The Balaban J connectivity index is 1.63. The molecule has 2 aromatic carbocycles. The van der Waals surface area contributed by atoms with Gasteiger partial charge in [0.1, 0.15) is 0 Å². The van der Waals surface area contributed by atoms with E-state index >= 15 is 0 Å². The Morgan fingerprint density at radius 3 is 2.43 bits per heavy atom. The average Bonchev–Trinajstić information content (AvgIpc) is 2.99. The van der Waals surface area contributed by atoms with Crippen molar-refractivity contribution in [3.8, 4) is 11.3 Å². The molecule has 1 aliphatic rings. The second-order valence-corrected chi connectivity index (χ2v) is 5.41. The predicted molar refractivity (Wildman–Crippen MR) is 85.1 cm³/mol. The van der Waals surface area contributed by atoms with Crippen LogP contribution in [-0.2, 0) is 6.54 Å². The molecule has 4 rings (SSSR count). The fourth-order valence-electron chi connectivity index (χ4n) is 2.88. The number of rotatable bonds is 2. The van der Waals surface area contributed by atoms with Gasteiger partial charge in [0.15, 0.2) is 0 Å². The lowest BCUT2D eigenvalue weighted by Gasteiger charge is -2.25. The smallest absolute Gasteiger partial charge is 0.203 e. The highest BCUT2D eigenvalue weighted by atomic mass is 15.2. The molecule has 0 aliphatic carbocycles. The minimum atomic E-state index is 0.352. The molecule has 1 atom stereocenters. The van der Waals surface area contributed by atoms with Crippen molar-refractivity contribution in [3.63, 3.8) is 0 Å². The Bertz CT molecular complexity index is 732. The lowest BCUT2D eigenvalue weighted by molar-refractivity contribution is 0.542. The third-order valence-corrected chi connectivity index (χ3v) is 4.01. The number of hydrogen-bond acceptors (Lipinski definition) is 2. The molecule has 0 bridgehead atoms. The van der Waals surface area contributed by atoms with Crippen molar-refractivity contribution in [3.05, 3.63) is 72.4 Å². The van der Waals surface area contributed by atoms with E-state index in [0.29, 0.717) is 6.04 Å². The summed E-state index contributed by atoms with van der Waals surface area (Å²) in [6, 6.07) is 21.3. The maximum absolute atomic E-state index is 4.75. The van der Waals surface area contributed by atoms with Crippen LogP contribution < -0.4 is 5.32 Å². The minimum absolute atomic E-state index is 0.352. The van der Waals surface area contributed by atoms with Gasteiger partial charge in [0.05, 0.1) is 11.7 Å². The number of nitrogens with zero attached hydrogens (tertiary/aromatic N) is 2. The second kappa shape index (κ2) is 5.09. The lowest BCUT2D eigenvalue weighted by Crippen LogP contribution is -2.21. The molecule has 2 heterocycles. The zero-order chi connectivity index (χ0) is 14.1. The zero-order valence-electron chi connectivity index (χ0n) is 11.7. The monoisotopic (exact) mass is 275 g/mol. The Labute approximate surface area is 124 Å². The molecule has 0 amide bonds. The molecule has 1 aromatic heterocycles. The van der Waals surface area contributed by atoms with E-state index in [1.165, 1.54) is 5.56 Å². The molecule has 21 heavy (non-hydrogen) atoms. The van der Waals surface area contributed by atoms with Crippen LogP contribution >= 0.6 is 0 Å². The first-order chi connectivity index (χ1) is 10.4. The first-order valence-corrected chi connectivity index (χ1v) is 7.34. The number of nitrogens with one attached hydrogen (secondary N) is 1. The van der Waals surface area contributed by atoms with Crippen molar-refractivity contribution in [2.24, 2.45) is 0 Å². The highest BCUT2D eigenvalue weighted by Crippen LogP contribution is 2.30. The maximum atomic E-state index is 4.75. The van der Waals surface area contributed by atoms with Crippen LogP contribution in [0.1, 0.15) is 18.0 Å². The molecule has 3 nitrogen and oxygen atoms in total. The maximum Gasteiger partial charge on any atom is 0.203 e. The lowest BCUT2D eigenvalue weighted by atomic mass is 10.0. The Morgan fingerprint density at radius 1 is 0.952 bits per heavy atom. The second-order valence-electron chi connectivity index (χ2n) is 5.41. The SMILES string of the molecule is c1ccc(-c2cn3c(n2)NC(c2ccccc2)CC3)cc1. The van der Waals surface area contributed by atoms with E-state index in [-0.39, 0.29) is 0 Å². The van der Waals surface area contributed by atoms with Crippen LogP contribution in [0, 0.1) is 0 Å². The van der Waals surface area contributed by atoms with Crippen LogP contribution in [-0.4, -0.2) is 9.55 Å². The predicted octanol–water partition coefficient (Wildman–Crippen LogP) is 4.11. The largest absolute Gasteiger partial charge is 0.349 e. The van der Waals surface area contributed by atoms with Gasteiger partial charge < -0.3 is 9.88 Å². The van der Waals surface area contributed by atoms with Crippen LogP contribution in [0.4, 0.5) is 5.95 Å². The molecule has 0 saturated carbocycles. The van der Waals surface area contributed by atoms with Crippen molar-refractivity contribution in [2.75, 3.05) is 5.32 Å². The fourth-order valence-corrected chi connectivity index (χ4v) is 2.88. The normalized spacial score (nSPS) is 17.0. The Hall–Kier alpha value is -2.55. The molecule has 1 aliphatic heterocycles. The van der Waals surface area contributed by atoms with Gasteiger partial charge in [-0.3, -0.25) is 0 Å². The van der Waals surface area contributed by atoms with Crippen molar-refractivity contribution in [1.82, 2.24) is 9.55 Å². The summed E-state index contributed by atoms with van der Waals surface area (Å²) in [5, 5.41) is 3.56. The number of hydrogen-bond donors (Lipinski definition) is 1. The van der Waals surface area contributed by atoms with E-state index in [1.54, 1.807) is 0 Å². The fraction of sp³-hybridized carbons (Fsp3) is 0.167. The quantitative estimate of drug-likeness (QED) is 0.763. The Kier molecular flexibility index (Phi) is 2.96. The highest BCUT2D eigenvalue weighted by Gasteiger charge is 2.21. The molecule has 3 aromatic rings. The number of aryl methyl sites for hydroxylation is 1. The minimum Gasteiger partial charge on any atom is -0.349 e. The molecule has 3 heteroatoms. The van der Waals surface area contributed by atoms with E-state index < -0.39 is 0 Å². The van der Waals surface area contributed by atoms with Gasteiger partial charge in [-0.1, -0.05) is 60.7 Å². The van der Waals surface area contributed by atoms with Gasteiger partial charge in [0.2, 0.25) is 5.95 Å². The first kappa shape index (κ1) is 12.2. The summed E-state index contributed by atoms with van der Waals surface area (Å²) in [6.07, 6.45) is 3.22. The van der Waals surface area contributed by atoms with E-state index in [2.05, 4.69) is 58.5 Å². The van der Waals surface area contributed by atoms with Crippen molar-refractivity contribution >= 4 is 5.95 Å². The number of aromatic nitrogens is 2. The Morgan fingerprint density at radius 2 is 1.67 bits per heavy atom. The molecular formula is C18H17N3. The van der Waals surface area contributed by atoms with Crippen LogP contribution in [0.3, 0.4) is 0 Å². The van der Waals surface area contributed by atoms with Crippen molar-refractivity contribution in [1.29, 1.82) is 0 Å². The molecule has 0 radical (unpaired) electrons. The first-order valence-electron chi connectivity index (χ1n) is 7.34. The standard InChI is InChI=1S/C18H17N3/c1-3-7-14(8-4-1)16-11-12-21-13-17(20-18(21)19-16)15-9-5-2-6-10-15/h1-10,13,16H,11-12H2,(H,19,20). The molecule has 0 fully saturated rings. The van der Waals surface area contributed by atoms with Gasteiger partial charge >= 0.3 is 0 Å². The summed E-state index contributed by atoms with van der Waals surface area (Å²) < 4.78 is 2.21. The van der Waals surface area contributed by atoms with E-state index in [1.807, 2.05) is 18.2 Å². The van der Waals surface area contributed by atoms with Crippen molar-refractivity contribution in [2.45, 2.75) is 19.0 Å². The number of anilines is 1. The summed E-state index contributed by atoms with van der Waals surface area (Å²) in [5.41, 5.74) is 3.53. The van der Waals surface area contributed by atoms with E-state index in [4.69, 9.17) is 4.98 Å². The highest BCUT2D eigenvalue weighted by molar-refractivity contribution is 5.61.